The number of rotatable bonds is 5. The normalized spacial score (nSPS) is 11.0. The first-order valence-electron chi connectivity index (χ1n) is 5.07. The molecule has 2 nitrogen and oxygen atoms in total. The lowest BCUT2D eigenvalue weighted by atomic mass is 10.1. The van der Waals surface area contributed by atoms with Crippen molar-refractivity contribution in [2.75, 3.05) is 14.2 Å². The average Bonchev–Trinajstić information content (AvgIpc) is 2.28. The zero-order chi connectivity index (χ0) is 12.3. The quantitative estimate of drug-likeness (QED) is 0.553. The van der Waals surface area contributed by atoms with Crippen LogP contribution < -0.4 is 5.32 Å². The van der Waals surface area contributed by atoms with Crippen LogP contribution >= 0.6 is 0 Å². The molecule has 0 aliphatic carbocycles. The second-order valence-electron chi connectivity index (χ2n) is 2.57. The summed E-state index contributed by atoms with van der Waals surface area (Å²) in [6, 6.07) is 0. The molecule has 0 fully saturated rings. The Bertz CT molecular complexity index is 249. The SMILES string of the molecule is C=C/C=C(\C)C(=C)/C(=C\NC)OC.CC. The summed E-state index contributed by atoms with van der Waals surface area (Å²) < 4.78 is 5.14. The van der Waals surface area contributed by atoms with Crippen LogP contribution in [0, 0.1) is 0 Å². The van der Waals surface area contributed by atoms with Crippen molar-refractivity contribution in [1.82, 2.24) is 5.32 Å². The molecule has 15 heavy (non-hydrogen) atoms. The molecule has 0 heterocycles. The topological polar surface area (TPSA) is 21.3 Å². The van der Waals surface area contributed by atoms with Crippen LogP contribution in [0.1, 0.15) is 20.8 Å². The van der Waals surface area contributed by atoms with Gasteiger partial charge in [0, 0.05) is 18.8 Å². The van der Waals surface area contributed by atoms with Gasteiger partial charge in [-0.05, 0) is 12.5 Å². The van der Waals surface area contributed by atoms with Crippen molar-refractivity contribution in [3.05, 3.63) is 48.4 Å². The summed E-state index contributed by atoms with van der Waals surface area (Å²) in [5, 5.41) is 2.90. The minimum Gasteiger partial charge on any atom is -0.495 e. The largest absolute Gasteiger partial charge is 0.495 e. The molecule has 0 aromatic carbocycles. The zero-order valence-corrected chi connectivity index (χ0v) is 10.6. The molecular formula is C13H23NO. The van der Waals surface area contributed by atoms with Gasteiger partial charge in [0.05, 0.1) is 7.11 Å². The van der Waals surface area contributed by atoms with Gasteiger partial charge < -0.3 is 10.1 Å². The highest BCUT2D eigenvalue weighted by molar-refractivity contribution is 5.41. The Balaban J connectivity index is 0. The zero-order valence-electron chi connectivity index (χ0n) is 10.6. The van der Waals surface area contributed by atoms with Crippen molar-refractivity contribution in [2.24, 2.45) is 0 Å². The first kappa shape index (κ1) is 16.0. The maximum Gasteiger partial charge on any atom is 0.141 e. The highest BCUT2D eigenvalue weighted by Gasteiger charge is 2.02. The van der Waals surface area contributed by atoms with E-state index in [1.54, 1.807) is 19.4 Å². The van der Waals surface area contributed by atoms with Crippen molar-refractivity contribution in [3.63, 3.8) is 0 Å². The molecule has 0 rings (SSSR count). The third-order valence-corrected chi connectivity index (χ3v) is 1.64. The Kier molecular flexibility index (Phi) is 11.4. The van der Waals surface area contributed by atoms with E-state index in [-0.39, 0.29) is 0 Å². The van der Waals surface area contributed by atoms with Crippen LogP contribution in [0.15, 0.2) is 48.4 Å². The summed E-state index contributed by atoms with van der Waals surface area (Å²) in [6.07, 6.45) is 5.39. The van der Waals surface area contributed by atoms with E-state index in [1.807, 2.05) is 33.9 Å². The van der Waals surface area contributed by atoms with Crippen molar-refractivity contribution in [1.29, 1.82) is 0 Å². The summed E-state index contributed by atoms with van der Waals surface area (Å²) in [5.74, 6) is 0.734. The number of ether oxygens (including phenoxy) is 1. The lowest BCUT2D eigenvalue weighted by Gasteiger charge is -2.09. The smallest absolute Gasteiger partial charge is 0.141 e. The standard InChI is InChI=1S/C11H17NO.C2H6/c1-6-7-9(2)10(3)11(13-5)8-12-4;1-2/h6-8,12H,1,3H2,2,4-5H3;1-2H3/b9-7+,11-8+;. The summed E-state index contributed by atoms with van der Waals surface area (Å²) in [6.45, 7) is 13.5. The maximum atomic E-state index is 5.14. The first-order chi connectivity index (χ1) is 7.17. The van der Waals surface area contributed by atoms with Gasteiger partial charge in [0.1, 0.15) is 5.76 Å². The third-order valence-electron chi connectivity index (χ3n) is 1.64. The van der Waals surface area contributed by atoms with Crippen LogP contribution in [-0.4, -0.2) is 14.2 Å². The van der Waals surface area contributed by atoms with Gasteiger partial charge in [-0.3, -0.25) is 0 Å². The van der Waals surface area contributed by atoms with E-state index in [0.717, 1.165) is 16.9 Å². The maximum absolute atomic E-state index is 5.14. The fourth-order valence-corrected chi connectivity index (χ4v) is 0.872. The molecule has 0 bridgehead atoms. The second kappa shape index (κ2) is 10.6. The van der Waals surface area contributed by atoms with Gasteiger partial charge in [-0.2, -0.15) is 0 Å². The second-order valence-corrected chi connectivity index (χ2v) is 2.57. The molecule has 0 spiro atoms. The van der Waals surface area contributed by atoms with E-state index in [9.17, 15) is 0 Å². The predicted molar refractivity (Wildman–Crippen MR) is 68.6 cm³/mol. The molecule has 0 saturated carbocycles. The molecule has 0 radical (unpaired) electrons. The fraction of sp³-hybridized carbons (Fsp3) is 0.385. The molecule has 1 N–H and O–H groups in total. The molecule has 0 atom stereocenters. The van der Waals surface area contributed by atoms with E-state index >= 15 is 0 Å². The monoisotopic (exact) mass is 209 g/mol. The van der Waals surface area contributed by atoms with E-state index in [0.29, 0.717) is 0 Å². The van der Waals surface area contributed by atoms with Gasteiger partial charge in [-0.25, -0.2) is 0 Å². The van der Waals surface area contributed by atoms with Crippen molar-refractivity contribution in [2.45, 2.75) is 20.8 Å². The molecule has 0 saturated heterocycles. The van der Waals surface area contributed by atoms with Crippen LogP contribution in [0.25, 0.3) is 0 Å². The molecule has 0 aromatic rings. The minimum absolute atomic E-state index is 0.734. The van der Waals surface area contributed by atoms with Crippen molar-refractivity contribution >= 4 is 0 Å². The van der Waals surface area contributed by atoms with Crippen LogP contribution in [0.2, 0.25) is 0 Å². The fourth-order valence-electron chi connectivity index (χ4n) is 0.872. The minimum atomic E-state index is 0.734. The molecule has 0 aliphatic rings. The van der Waals surface area contributed by atoms with E-state index in [4.69, 9.17) is 4.74 Å². The summed E-state index contributed by atoms with van der Waals surface area (Å²) in [4.78, 5) is 0. The Labute approximate surface area is 94.0 Å². The highest BCUT2D eigenvalue weighted by atomic mass is 16.5. The molecule has 0 aliphatic heterocycles. The van der Waals surface area contributed by atoms with E-state index in [2.05, 4.69) is 18.5 Å². The third kappa shape index (κ3) is 6.61. The molecule has 0 amide bonds. The number of nitrogens with one attached hydrogen (secondary N) is 1. The highest BCUT2D eigenvalue weighted by Crippen LogP contribution is 2.16. The molecule has 0 unspecified atom stereocenters. The summed E-state index contributed by atoms with van der Waals surface area (Å²) in [5.41, 5.74) is 1.90. The first-order valence-corrected chi connectivity index (χ1v) is 5.07. The average molecular weight is 209 g/mol. The number of methoxy groups -OCH3 is 1. The molecule has 2 heteroatoms. The van der Waals surface area contributed by atoms with Crippen molar-refractivity contribution < 1.29 is 4.74 Å². The van der Waals surface area contributed by atoms with Gasteiger partial charge in [0.2, 0.25) is 0 Å². The summed E-state index contributed by atoms with van der Waals surface area (Å²) >= 11 is 0. The lowest BCUT2D eigenvalue weighted by Crippen LogP contribution is -2.01. The van der Waals surface area contributed by atoms with Crippen LogP contribution in [0.3, 0.4) is 0 Å². The van der Waals surface area contributed by atoms with Gasteiger partial charge in [-0.15, -0.1) is 0 Å². The Morgan fingerprint density at radius 3 is 2.20 bits per heavy atom. The Hall–Kier alpha value is -1.44. The Morgan fingerprint density at radius 1 is 1.33 bits per heavy atom. The van der Waals surface area contributed by atoms with Crippen LogP contribution in [0.5, 0.6) is 0 Å². The van der Waals surface area contributed by atoms with Crippen LogP contribution in [-0.2, 0) is 4.74 Å². The van der Waals surface area contributed by atoms with E-state index < -0.39 is 0 Å². The van der Waals surface area contributed by atoms with Gasteiger partial charge >= 0.3 is 0 Å². The molecule has 0 aromatic heterocycles. The van der Waals surface area contributed by atoms with Gasteiger partial charge in [0.15, 0.2) is 0 Å². The predicted octanol–water partition coefficient (Wildman–Crippen LogP) is 3.41. The number of hydrogen-bond donors (Lipinski definition) is 1. The van der Waals surface area contributed by atoms with Crippen molar-refractivity contribution in [3.8, 4) is 0 Å². The van der Waals surface area contributed by atoms with Gasteiger partial charge in [0.25, 0.3) is 0 Å². The Morgan fingerprint density at radius 2 is 1.87 bits per heavy atom. The lowest BCUT2D eigenvalue weighted by molar-refractivity contribution is 0.299. The van der Waals surface area contributed by atoms with Crippen LogP contribution in [0.4, 0.5) is 0 Å². The number of allylic oxidation sites excluding steroid dienone is 3. The van der Waals surface area contributed by atoms with Gasteiger partial charge in [-0.1, -0.05) is 39.2 Å². The van der Waals surface area contributed by atoms with E-state index in [1.165, 1.54) is 0 Å². The molecular weight excluding hydrogens is 186 g/mol. The molecule has 86 valence electrons. The summed E-state index contributed by atoms with van der Waals surface area (Å²) in [7, 11) is 3.44. The number of hydrogen-bond acceptors (Lipinski definition) is 2.